The quantitative estimate of drug-likeness (QED) is 0.862. The van der Waals surface area contributed by atoms with Gasteiger partial charge in [-0.1, -0.05) is 0 Å². The summed E-state index contributed by atoms with van der Waals surface area (Å²) in [6.45, 7) is 1.35. The van der Waals surface area contributed by atoms with E-state index in [2.05, 4.69) is 5.32 Å². The van der Waals surface area contributed by atoms with E-state index >= 15 is 0 Å². The Balaban J connectivity index is 1.54. The fourth-order valence-corrected chi connectivity index (χ4v) is 2.66. The van der Waals surface area contributed by atoms with Crippen molar-refractivity contribution in [2.24, 2.45) is 11.7 Å². The lowest BCUT2D eigenvalue weighted by Gasteiger charge is -2.26. The summed E-state index contributed by atoms with van der Waals surface area (Å²) >= 11 is 0. The minimum atomic E-state index is 0.333. The third kappa shape index (κ3) is 2.53. The highest BCUT2D eigenvalue weighted by Gasteiger charge is 2.18. The van der Waals surface area contributed by atoms with Crippen LogP contribution in [0.3, 0.4) is 0 Å². The maximum atomic E-state index is 5.91. The van der Waals surface area contributed by atoms with E-state index in [1.54, 1.807) is 0 Å². The van der Waals surface area contributed by atoms with E-state index in [9.17, 15) is 0 Å². The van der Waals surface area contributed by atoms with E-state index in [4.69, 9.17) is 15.2 Å². The highest BCUT2D eigenvalue weighted by atomic mass is 16.7. The van der Waals surface area contributed by atoms with Crippen LogP contribution in [0, 0.1) is 5.92 Å². The average Bonchev–Trinajstić information content (AvgIpc) is 2.85. The summed E-state index contributed by atoms with van der Waals surface area (Å²) in [5, 5.41) is 3.48. The molecule has 4 nitrogen and oxygen atoms in total. The predicted molar refractivity (Wildman–Crippen MR) is 71.0 cm³/mol. The lowest BCUT2D eigenvalue weighted by molar-refractivity contribution is 0.174. The van der Waals surface area contributed by atoms with Gasteiger partial charge in [0.2, 0.25) is 6.79 Å². The molecule has 0 atom stereocenters. The Labute approximate surface area is 107 Å². The monoisotopic (exact) mass is 248 g/mol. The molecule has 4 heteroatoms. The van der Waals surface area contributed by atoms with E-state index in [0.29, 0.717) is 12.8 Å². The maximum absolute atomic E-state index is 5.91. The first-order chi connectivity index (χ1) is 8.81. The highest BCUT2D eigenvalue weighted by Crippen LogP contribution is 2.34. The summed E-state index contributed by atoms with van der Waals surface area (Å²) in [4.78, 5) is 0. The second kappa shape index (κ2) is 5.06. The summed E-state index contributed by atoms with van der Waals surface area (Å²) in [7, 11) is 0. The van der Waals surface area contributed by atoms with Crippen molar-refractivity contribution in [3.05, 3.63) is 18.2 Å². The zero-order valence-corrected chi connectivity index (χ0v) is 10.5. The molecule has 1 aliphatic carbocycles. The van der Waals surface area contributed by atoms with Crippen molar-refractivity contribution in [1.29, 1.82) is 0 Å². The predicted octanol–water partition coefficient (Wildman–Crippen LogP) is 2.34. The van der Waals surface area contributed by atoms with Gasteiger partial charge in [0, 0.05) is 24.3 Å². The topological polar surface area (TPSA) is 56.5 Å². The number of hydrogen-bond donors (Lipinski definition) is 2. The molecule has 0 bridgehead atoms. The van der Waals surface area contributed by atoms with E-state index in [0.717, 1.165) is 42.5 Å². The van der Waals surface area contributed by atoms with E-state index < -0.39 is 0 Å². The highest BCUT2D eigenvalue weighted by molar-refractivity contribution is 5.55. The van der Waals surface area contributed by atoms with Crippen LogP contribution >= 0.6 is 0 Å². The molecule has 1 aliphatic heterocycles. The average molecular weight is 248 g/mol. The molecule has 18 heavy (non-hydrogen) atoms. The van der Waals surface area contributed by atoms with Gasteiger partial charge in [0.1, 0.15) is 0 Å². The molecule has 1 aromatic rings. The van der Waals surface area contributed by atoms with Crippen LogP contribution in [0.5, 0.6) is 11.5 Å². The first kappa shape index (κ1) is 11.7. The molecule has 1 fully saturated rings. The van der Waals surface area contributed by atoms with Gasteiger partial charge >= 0.3 is 0 Å². The lowest BCUT2D eigenvalue weighted by atomic mass is 9.86. The molecule has 1 heterocycles. The van der Waals surface area contributed by atoms with E-state index in [-0.39, 0.29) is 0 Å². The third-order valence-electron chi connectivity index (χ3n) is 3.86. The molecular weight excluding hydrogens is 228 g/mol. The van der Waals surface area contributed by atoms with Gasteiger partial charge in [-0.3, -0.25) is 0 Å². The fraction of sp³-hybridized carbons (Fsp3) is 0.571. The summed E-state index contributed by atoms with van der Waals surface area (Å²) in [6, 6.07) is 6.44. The van der Waals surface area contributed by atoms with Crippen molar-refractivity contribution >= 4 is 5.69 Å². The van der Waals surface area contributed by atoms with Crippen LogP contribution in [-0.4, -0.2) is 19.4 Å². The Kier molecular flexibility index (Phi) is 3.28. The summed E-state index contributed by atoms with van der Waals surface area (Å²) < 4.78 is 10.7. The van der Waals surface area contributed by atoms with E-state index in [1.807, 2.05) is 18.2 Å². The summed E-state index contributed by atoms with van der Waals surface area (Å²) in [5.74, 6) is 2.42. The van der Waals surface area contributed by atoms with Gasteiger partial charge in [-0.05, 0) is 43.7 Å². The fourth-order valence-electron chi connectivity index (χ4n) is 2.66. The first-order valence-corrected chi connectivity index (χ1v) is 6.70. The van der Waals surface area contributed by atoms with Gasteiger partial charge < -0.3 is 20.5 Å². The van der Waals surface area contributed by atoms with Crippen molar-refractivity contribution in [2.45, 2.75) is 31.7 Å². The Morgan fingerprint density at radius 3 is 2.72 bits per heavy atom. The standard InChI is InChI=1S/C14H20N2O2/c15-11-3-1-10(2-4-11)8-16-12-5-6-13-14(7-12)18-9-17-13/h5-7,10-11,16H,1-4,8-9,15H2. The number of anilines is 1. The van der Waals surface area contributed by atoms with Crippen molar-refractivity contribution in [1.82, 2.24) is 0 Å². The van der Waals surface area contributed by atoms with Crippen LogP contribution in [0.4, 0.5) is 5.69 Å². The van der Waals surface area contributed by atoms with Gasteiger partial charge in [0.25, 0.3) is 0 Å². The van der Waals surface area contributed by atoms with Gasteiger partial charge in [-0.25, -0.2) is 0 Å². The first-order valence-electron chi connectivity index (χ1n) is 6.70. The van der Waals surface area contributed by atoms with Crippen molar-refractivity contribution in [2.75, 3.05) is 18.7 Å². The zero-order chi connectivity index (χ0) is 12.4. The smallest absolute Gasteiger partial charge is 0.231 e. The Morgan fingerprint density at radius 2 is 1.89 bits per heavy atom. The molecule has 2 aliphatic rings. The van der Waals surface area contributed by atoms with Crippen molar-refractivity contribution in [3.63, 3.8) is 0 Å². The molecule has 0 radical (unpaired) electrons. The minimum absolute atomic E-state index is 0.333. The zero-order valence-electron chi connectivity index (χ0n) is 10.5. The molecule has 98 valence electrons. The van der Waals surface area contributed by atoms with Gasteiger partial charge in [-0.2, -0.15) is 0 Å². The summed E-state index contributed by atoms with van der Waals surface area (Å²) in [6.07, 6.45) is 4.79. The van der Waals surface area contributed by atoms with Gasteiger partial charge in [-0.15, -0.1) is 0 Å². The van der Waals surface area contributed by atoms with Crippen LogP contribution in [0.2, 0.25) is 0 Å². The lowest BCUT2D eigenvalue weighted by Crippen LogP contribution is -2.29. The van der Waals surface area contributed by atoms with Gasteiger partial charge in [0.05, 0.1) is 0 Å². The molecule has 1 aromatic carbocycles. The Hall–Kier alpha value is -1.42. The molecule has 0 amide bonds. The number of fused-ring (bicyclic) bond motifs is 1. The third-order valence-corrected chi connectivity index (χ3v) is 3.86. The largest absolute Gasteiger partial charge is 0.454 e. The minimum Gasteiger partial charge on any atom is -0.454 e. The SMILES string of the molecule is NC1CCC(CNc2ccc3c(c2)OCO3)CC1. The van der Waals surface area contributed by atoms with Gasteiger partial charge in [0.15, 0.2) is 11.5 Å². The number of rotatable bonds is 3. The normalized spacial score (nSPS) is 26.1. The van der Waals surface area contributed by atoms with Crippen molar-refractivity contribution < 1.29 is 9.47 Å². The number of nitrogens with two attached hydrogens (primary N) is 1. The van der Waals surface area contributed by atoms with Crippen LogP contribution in [0.1, 0.15) is 25.7 Å². The van der Waals surface area contributed by atoms with Crippen LogP contribution in [0.25, 0.3) is 0 Å². The maximum Gasteiger partial charge on any atom is 0.231 e. The molecular formula is C14H20N2O2. The van der Waals surface area contributed by atoms with Crippen LogP contribution in [0.15, 0.2) is 18.2 Å². The number of hydrogen-bond acceptors (Lipinski definition) is 4. The number of ether oxygens (including phenoxy) is 2. The van der Waals surface area contributed by atoms with E-state index in [1.165, 1.54) is 12.8 Å². The van der Waals surface area contributed by atoms with Crippen LogP contribution < -0.4 is 20.5 Å². The molecule has 1 saturated carbocycles. The molecule has 0 spiro atoms. The Morgan fingerprint density at radius 1 is 1.11 bits per heavy atom. The molecule has 0 unspecified atom stereocenters. The second-order valence-electron chi connectivity index (χ2n) is 5.23. The molecule has 3 N–H and O–H groups in total. The molecule has 0 aromatic heterocycles. The Bertz CT molecular complexity index is 414. The van der Waals surface area contributed by atoms with Crippen molar-refractivity contribution in [3.8, 4) is 11.5 Å². The number of benzene rings is 1. The van der Waals surface area contributed by atoms with Crippen LogP contribution in [-0.2, 0) is 0 Å². The molecule has 3 rings (SSSR count). The summed E-state index contributed by atoms with van der Waals surface area (Å²) in [5.41, 5.74) is 7.02. The molecule has 0 saturated heterocycles. The second-order valence-corrected chi connectivity index (χ2v) is 5.23. The number of nitrogens with one attached hydrogen (secondary N) is 1.